The van der Waals surface area contributed by atoms with Crippen LogP contribution >= 0.6 is 11.6 Å². The second kappa shape index (κ2) is 7.19. The Morgan fingerprint density at radius 3 is 2.72 bits per heavy atom. The molecule has 5 rings (SSSR count). The van der Waals surface area contributed by atoms with E-state index in [4.69, 9.17) is 20.8 Å². The Morgan fingerprint density at radius 2 is 2.07 bits per heavy atom. The van der Waals surface area contributed by atoms with Crippen LogP contribution in [0.3, 0.4) is 0 Å². The van der Waals surface area contributed by atoms with Gasteiger partial charge in [-0.05, 0) is 31.4 Å². The van der Waals surface area contributed by atoms with E-state index in [0.29, 0.717) is 25.2 Å². The average molecular weight is 430 g/mol. The van der Waals surface area contributed by atoms with E-state index in [0.717, 1.165) is 6.07 Å². The fourth-order valence-electron chi connectivity index (χ4n) is 4.21. The summed E-state index contributed by atoms with van der Waals surface area (Å²) >= 11 is 5.61. The Labute approximate surface area is 169 Å². The van der Waals surface area contributed by atoms with Gasteiger partial charge in [-0.25, -0.2) is 13.2 Å². The van der Waals surface area contributed by atoms with Crippen LogP contribution in [-0.4, -0.2) is 34.7 Å². The highest BCUT2D eigenvalue weighted by atomic mass is 35.5. The third-order valence-corrected chi connectivity index (χ3v) is 5.85. The summed E-state index contributed by atoms with van der Waals surface area (Å²) in [4.78, 5) is 12.2. The number of alkyl halides is 2. The Morgan fingerprint density at radius 1 is 1.34 bits per heavy atom. The quantitative estimate of drug-likeness (QED) is 0.686. The summed E-state index contributed by atoms with van der Waals surface area (Å²) in [5.74, 6) is -0.568. The number of ether oxygens (including phenoxy) is 1. The zero-order chi connectivity index (χ0) is 20.8. The van der Waals surface area contributed by atoms with Crippen LogP contribution in [-0.2, 0) is 10.2 Å². The van der Waals surface area contributed by atoms with Crippen molar-refractivity contribution in [1.29, 1.82) is 0 Å². The molecule has 1 aromatic carbocycles. The van der Waals surface area contributed by atoms with Crippen LogP contribution in [0.1, 0.15) is 50.3 Å². The molecule has 0 radical (unpaired) electrons. The zero-order valence-corrected chi connectivity index (χ0v) is 16.3. The average Bonchev–Trinajstić information content (AvgIpc) is 3.07. The van der Waals surface area contributed by atoms with Crippen LogP contribution in [0.5, 0.6) is 5.75 Å². The summed E-state index contributed by atoms with van der Waals surface area (Å²) in [7, 11) is 0. The van der Waals surface area contributed by atoms with Gasteiger partial charge in [-0.3, -0.25) is 4.79 Å². The minimum Gasteiger partial charge on any atom is -0.484 e. The summed E-state index contributed by atoms with van der Waals surface area (Å²) in [5.41, 5.74) is -0.627. The van der Waals surface area contributed by atoms with E-state index >= 15 is 0 Å². The molecule has 3 aliphatic carbocycles. The maximum atomic E-state index is 13.4. The molecule has 29 heavy (non-hydrogen) atoms. The number of aromatic nitrogens is 2. The lowest BCUT2D eigenvalue weighted by atomic mass is 9.39. The van der Waals surface area contributed by atoms with Crippen LogP contribution in [0.4, 0.5) is 13.2 Å². The molecular formula is C19H19ClF3N3O3. The monoisotopic (exact) mass is 429 g/mol. The lowest BCUT2D eigenvalue weighted by molar-refractivity contribution is -0.143. The van der Waals surface area contributed by atoms with Gasteiger partial charge in [0, 0.05) is 23.9 Å². The van der Waals surface area contributed by atoms with Crippen LogP contribution in [0.2, 0.25) is 5.02 Å². The van der Waals surface area contributed by atoms with Gasteiger partial charge >= 0.3 is 0 Å². The van der Waals surface area contributed by atoms with E-state index in [1.165, 1.54) is 12.1 Å². The fraction of sp³-hybridized carbons (Fsp3) is 0.526. The summed E-state index contributed by atoms with van der Waals surface area (Å²) in [6.07, 6.45) is -0.822. The molecule has 1 unspecified atom stereocenters. The first-order valence-corrected chi connectivity index (χ1v) is 9.59. The highest BCUT2D eigenvalue weighted by molar-refractivity contribution is 6.30. The van der Waals surface area contributed by atoms with Gasteiger partial charge in [0.15, 0.2) is 6.61 Å². The molecular weight excluding hydrogens is 411 g/mol. The molecule has 0 saturated heterocycles. The van der Waals surface area contributed by atoms with Crippen LogP contribution < -0.4 is 10.1 Å². The number of hydrogen-bond donors (Lipinski definition) is 1. The summed E-state index contributed by atoms with van der Waals surface area (Å²) in [5, 5.41) is 10.8. The van der Waals surface area contributed by atoms with E-state index in [-0.39, 0.29) is 46.6 Å². The van der Waals surface area contributed by atoms with Gasteiger partial charge in [0.05, 0.1) is 10.4 Å². The molecule has 3 aliphatic rings. The van der Waals surface area contributed by atoms with Crippen LogP contribution in [0.25, 0.3) is 0 Å². The molecule has 1 heterocycles. The molecule has 1 atom stereocenters. The van der Waals surface area contributed by atoms with E-state index in [1.54, 1.807) is 6.92 Å². The highest BCUT2D eigenvalue weighted by Crippen LogP contribution is 2.67. The Kier molecular flexibility index (Phi) is 4.96. The van der Waals surface area contributed by atoms with Gasteiger partial charge in [0.25, 0.3) is 5.91 Å². The van der Waals surface area contributed by atoms with Gasteiger partial charge < -0.3 is 14.5 Å². The normalized spacial score (nSPS) is 25.9. The number of amides is 1. The van der Waals surface area contributed by atoms with Gasteiger partial charge in [0.2, 0.25) is 18.2 Å². The third kappa shape index (κ3) is 3.80. The summed E-state index contributed by atoms with van der Waals surface area (Å²) in [6.45, 7) is 1.38. The van der Waals surface area contributed by atoms with E-state index < -0.39 is 18.2 Å². The number of rotatable bonds is 8. The van der Waals surface area contributed by atoms with Crippen molar-refractivity contribution >= 4 is 17.5 Å². The van der Waals surface area contributed by atoms with E-state index in [9.17, 15) is 18.0 Å². The minimum atomic E-state index is -2.43. The Hall–Kier alpha value is -2.29. The van der Waals surface area contributed by atoms with Crippen molar-refractivity contribution in [3.05, 3.63) is 40.8 Å². The number of hydrogen-bond acceptors (Lipinski definition) is 5. The van der Waals surface area contributed by atoms with E-state index in [2.05, 4.69) is 15.5 Å². The second-order valence-electron chi connectivity index (χ2n) is 7.98. The topological polar surface area (TPSA) is 77.2 Å². The molecule has 2 aromatic rings. The number of carbonyl (C=O) groups excluding carboxylic acids is 1. The molecule has 1 aromatic heterocycles. The lowest BCUT2D eigenvalue weighted by Crippen LogP contribution is -2.77. The first-order chi connectivity index (χ1) is 13.7. The van der Waals surface area contributed by atoms with Gasteiger partial charge in [-0.2, -0.15) is 0 Å². The molecule has 156 valence electrons. The van der Waals surface area contributed by atoms with Crippen molar-refractivity contribution in [2.24, 2.45) is 0 Å². The molecule has 0 spiro atoms. The number of nitrogens with one attached hydrogen (secondary N) is 1. The molecule has 10 heteroatoms. The van der Waals surface area contributed by atoms with Crippen molar-refractivity contribution in [3.63, 3.8) is 0 Å². The lowest BCUT2D eigenvalue weighted by Gasteiger charge is -2.68. The minimum absolute atomic E-state index is 0.0197. The molecule has 0 aliphatic heterocycles. The van der Waals surface area contributed by atoms with Crippen LogP contribution in [0.15, 0.2) is 22.6 Å². The van der Waals surface area contributed by atoms with Crippen molar-refractivity contribution in [2.75, 3.05) is 6.61 Å². The maximum absolute atomic E-state index is 13.4. The second-order valence-corrected chi connectivity index (χ2v) is 8.38. The summed E-state index contributed by atoms with van der Waals surface area (Å²) < 4.78 is 49.3. The van der Waals surface area contributed by atoms with Gasteiger partial charge in [0.1, 0.15) is 11.6 Å². The highest BCUT2D eigenvalue weighted by Gasteiger charge is 2.71. The molecule has 6 nitrogen and oxygen atoms in total. The number of carbonyl (C=O) groups is 1. The Balaban J connectivity index is 1.27. The van der Waals surface area contributed by atoms with Crippen molar-refractivity contribution in [1.82, 2.24) is 15.5 Å². The molecule has 1 N–H and O–H groups in total. The van der Waals surface area contributed by atoms with Gasteiger partial charge in [-0.15, -0.1) is 10.2 Å². The first kappa shape index (κ1) is 20.0. The fourth-order valence-corrected chi connectivity index (χ4v) is 4.33. The standard InChI is InChI=1S/C19H19ClF3N3O3/c1-10(4-14(22)23)16-25-26-17(29-16)18-7-19(8-18,9-18)24-15(27)6-28-11-2-3-12(20)13(21)5-11/h2-3,5,10,14H,4,6-9H2,1H3,(H,24,27). The van der Waals surface area contributed by atoms with Crippen molar-refractivity contribution < 1.29 is 27.1 Å². The largest absolute Gasteiger partial charge is 0.484 e. The molecule has 3 saturated carbocycles. The van der Waals surface area contributed by atoms with Crippen molar-refractivity contribution in [2.45, 2.75) is 55.9 Å². The number of halogens is 4. The zero-order valence-electron chi connectivity index (χ0n) is 15.6. The van der Waals surface area contributed by atoms with Gasteiger partial charge in [-0.1, -0.05) is 18.5 Å². The SMILES string of the molecule is CC(CC(F)F)c1nnc(C23CC(NC(=O)COc4ccc(Cl)c(F)c4)(C2)C3)o1. The van der Waals surface area contributed by atoms with E-state index in [1.807, 2.05) is 0 Å². The van der Waals surface area contributed by atoms with Crippen molar-refractivity contribution in [3.8, 4) is 5.75 Å². The third-order valence-electron chi connectivity index (χ3n) is 5.54. The number of benzene rings is 1. The smallest absolute Gasteiger partial charge is 0.258 e. The number of nitrogens with zero attached hydrogens (tertiary/aromatic N) is 2. The maximum Gasteiger partial charge on any atom is 0.258 e. The molecule has 3 fully saturated rings. The predicted molar refractivity (Wildman–Crippen MR) is 96.6 cm³/mol. The Bertz CT molecular complexity index is 917. The molecule has 1 amide bonds. The van der Waals surface area contributed by atoms with Crippen LogP contribution in [0, 0.1) is 5.82 Å². The molecule has 2 bridgehead atoms. The summed E-state index contributed by atoms with van der Waals surface area (Å²) in [6, 6.07) is 3.96. The predicted octanol–water partition coefficient (Wildman–Crippen LogP) is 3.99. The first-order valence-electron chi connectivity index (χ1n) is 9.21.